The predicted molar refractivity (Wildman–Crippen MR) is 113 cm³/mol. The van der Waals surface area contributed by atoms with Crippen molar-refractivity contribution < 1.29 is 18.0 Å². The fourth-order valence-corrected chi connectivity index (χ4v) is 4.01. The van der Waals surface area contributed by atoms with Crippen molar-refractivity contribution in [3.63, 3.8) is 0 Å². The van der Waals surface area contributed by atoms with Crippen LogP contribution >= 0.6 is 0 Å². The van der Waals surface area contributed by atoms with Crippen LogP contribution in [0.3, 0.4) is 0 Å². The number of nitrogens with one attached hydrogen (secondary N) is 1. The van der Waals surface area contributed by atoms with Crippen molar-refractivity contribution in [1.82, 2.24) is 9.62 Å². The zero-order chi connectivity index (χ0) is 21.4. The molecule has 0 aliphatic rings. The Bertz CT molecular complexity index is 951. The molecule has 0 unspecified atom stereocenters. The van der Waals surface area contributed by atoms with Gasteiger partial charge in [0, 0.05) is 39.0 Å². The van der Waals surface area contributed by atoms with Crippen LogP contribution < -0.4 is 5.32 Å². The van der Waals surface area contributed by atoms with E-state index in [2.05, 4.69) is 12.2 Å². The van der Waals surface area contributed by atoms with Gasteiger partial charge in [-0.25, -0.2) is 12.7 Å². The Labute approximate surface area is 173 Å². The van der Waals surface area contributed by atoms with Crippen LogP contribution in [-0.2, 0) is 27.8 Å². The van der Waals surface area contributed by atoms with E-state index < -0.39 is 10.0 Å². The highest BCUT2D eigenvalue weighted by molar-refractivity contribution is 7.89. The topological polar surface area (TPSA) is 83.5 Å². The Kier molecular flexibility index (Phi) is 8.10. The molecule has 2 rings (SSSR count). The molecule has 0 aromatic heterocycles. The summed E-state index contributed by atoms with van der Waals surface area (Å²) in [6.07, 6.45) is 2.18. The van der Waals surface area contributed by atoms with E-state index in [-0.39, 0.29) is 36.0 Å². The summed E-state index contributed by atoms with van der Waals surface area (Å²) in [6.45, 7) is 2.19. The lowest BCUT2D eigenvalue weighted by Crippen LogP contribution is -2.27. The third kappa shape index (κ3) is 6.24. The third-order valence-electron chi connectivity index (χ3n) is 4.60. The van der Waals surface area contributed by atoms with Gasteiger partial charge in [0.2, 0.25) is 15.9 Å². The normalized spacial score (nSPS) is 11.4. The van der Waals surface area contributed by atoms with Gasteiger partial charge in [0.1, 0.15) is 0 Å². The quantitative estimate of drug-likeness (QED) is 0.603. The van der Waals surface area contributed by atoms with Crippen molar-refractivity contribution in [1.29, 1.82) is 0 Å². The van der Waals surface area contributed by atoms with Crippen LogP contribution in [0.25, 0.3) is 0 Å². The number of ketones is 1. The lowest BCUT2D eigenvalue weighted by Gasteiger charge is -2.15. The minimum Gasteiger partial charge on any atom is -0.352 e. The molecule has 0 saturated heterocycles. The minimum atomic E-state index is -3.60. The van der Waals surface area contributed by atoms with Gasteiger partial charge in [-0.15, -0.1) is 0 Å². The van der Waals surface area contributed by atoms with Gasteiger partial charge in [-0.05, 0) is 23.6 Å². The van der Waals surface area contributed by atoms with Crippen LogP contribution in [0.5, 0.6) is 0 Å². The highest BCUT2D eigenvalue weighted by Gasteiger charge is 2.20. The third-order valence-corrected chi connectivity index (χ3v) is 6.52. The number of aryl methyl sites for hydroxylation is 1. The molecule has 0 saturated carbocycles. The molecule has 1 N–H and O–H groups in total. The van der Waals surface area contributed by atoms with Gasteiger partial charge in [-0.3, -0.25) is 9.59 Å². The lowest BCUT2D eigenvalue weighted by atomic mass is 10.0. The summed E-state index contributed by atoms with van der Waals surface area (Å²) in [5.74, 6) is -0.378. The molecule has 2 aromatic carbocycles. The molecule has 0 heterocycles. The zero-order valence-corrected chi connectivity index (χ0v) is 18.0. The maximum absolute atomic E-state index is 12.4. The SMILES string of the molecule is CCCc1ccc(C(=O)CCC(=O)NCc2ccccc2S(=O)(=O)N(C)C)cc1. The Morgan fingerprint density at radius 1 is 0.966 bits per heavy atom. The average molecular weight is 417 g/mol. The standard InChI is InChI=1S/C22H28N2O4S/c1-4-7-17-10-12-18(13-11-17)20(25)14-15-22(26)23-16-19-8-5-6-9-21(19)29(27,28)24(2)3/h5-6,8-13H,4,7,14-16H2,1-3H3,(H,23,26). The monoisotopic (exact) mass is 416 g/mol. The smallest absolute Gasteiger partial charge is 0.242 e. The van der Waals surface area contributed by atoms with Crippen LogP contribution in [-0.4, -0.2) is 38.5 Å². The number of benzene rings is 2. The Hall–Kier alpha value is -2.51. The van der Waals surface area contributed by atoms with E-state index in [1.807, 2.05) is 12.1 Å². The first-order valence-corrected chi connectivity index (χ1v) is 11.1. The molecule has 0 aliphatic carbocycles. The molecule has 0 aliphatic heterocycles. The number of nitrogens with zero attached hydrogens (tertiary/aromatic N) is 1. The predicted octanol–water partition coefficient (Wildman–Crippen LogP) is 3.17. The average Bonchev–Trinajstić information content (AvgIpc) is 2.71. The van der Waals surface area contributed by atoms with Gasteiger partial charge in [-0.2, -0.15) is 0 Å². The van der Waals surface area contributed by atoms with Crippen molar-refractivity contribution in [3.05, 3.63) is 65.2 Å². The summed E-state index contributed by atoms with van der Waals surface area (Å²) in [4.78, 5) is 24.6. The second-order valence-corrected chi connectivity index (χ2v) is 9.16. The Morgan fingerprint density at radius 3 is 2.24 bits per heavy atom. The molecule has 6 nitrogen and oxygen atoms in total. The highest BCUT2D eigenvalue weighted by atomic mass is 32.2. The largest absolute Gasteiger partial charge is 0.352 e. The molecule has 156 valence electrons. The number of carbonyl (C=O) groups is 2. The number of hydrogen-bond acceptors (Lipinski definition) is 4. The molecular formula is C22H28N2O4S. The maximum atomic E-state index is 12.4. The first-order valence-electron chi connectivity index (χ1n) is 9.65. The highest BCUT2D eigenvalue weighted by Crippen LogP contribution is 2.18. The Balaban J connectivity index is 1.92. The summed E-state index contributed by atoms with van der Waals surface area (Å²) >= 11 is 0. The van der Waals surface area contributed by atoms with E-state index in [4.69, 9.17) is 0 Å². The molecule has 0 radical (unpaired) electrons. The molecule has 0 bridgehead atoms. The molecule has 7 heteroatoms. The number of hydrogen-bond donors (Lipinski definition) is 1. The van der Waals surface area contributed by atoms with Gasteiger partial charge >= 0.3 is 0 Å². The fourth-order valence-electron chi connectivity index (χ4n) is 2.90. The van der Waals surface area contributed by atoms with Crippen molar-refractivity contribution in [3.8, 4) is 0 Å². The van der Waals surface area contributed by atoms with Crippen molar-refractivity contribution >= 4 is 21.7 Å². The Morgan fingerprint density at radius 2 is 1.62 bits per heavy atom. The molecule has 29 heavy (non-hydrogen) atoms. The number of sulfonamides is 1. The molecule has 1 amide bonds. The number of carbonyl (C=O) groups excluding carboxylic acids is 2. The van der Waals surface area contributed by atoms with E-state index in [1.54, 1.807) is 30.3 Å². The zero-order valence-electron chi connectivity index (χ0n) is 17.1. The van der Waals surface area contributed by atoms with E-state index in [0.29, 0.717) is 11.1 Å². The lowest BCUT2D eigenvalue weighted by molar-refractivity contribution is -0.121. The van der Waals surface area contributed by atoms with Crippen LogP contribution in [0, 0.1) is 0 Å². The minimum absolute atomic E-state index is 0.0537. The molecular weight excluding hydrogens is 388 g/mol. The van der Waals surface area contributed by atoms with E-state index >= 15 is 0 Å². The summed E-state index contributed by atoms with van der Waals surface area (Å²) in [5, 5.41) is 2.71. The van der Waals surface area contributed by atoms with Crippen LogP contribution in [0.2, 0.25) is 0 Å². The summed E-state index contributed by atoms with van der Waals surface area (Å²) in [7, 11) is -0.670. The number of rotatable bonds is 10. The van der Waals surface area contributed by atoms with Crippen molar-refractivity contribution in [2.45, 2.75) is 44.0 Å². The van der Waals surface area contributed by atoms with Gasteiger partial charge in [0.05, 0.1) is 4.90 Å². The second-order valence-electron chi connectivity index (χ2n) is 7.04. The molecule has 0 fully saturated rings. The second kappa shape index (κ2) is 10.3. The van der Waals surface area contributed by atoms with Gasteiger partial charge in [0.25, 0.3) is 0 Å². The van der Waals surface area contributed by atoms with Gasteiger partial charge in [-0.1, -0.05) is 55.8 Å². The van der Waals surface area contributed by atoms with E-state index in [1.165, 1.54) is 25.7 Å². The van der Waals surface area contributed by atoms with Gasteiger partial charge < -0.3 is 5.32 Å². The number of Topliss-reactive ketones (excluding diaryl/α,β-unsaturated/α-hetero) is 1. The first kappa shape index (κ1) is 22.8. The summed E-state index contributed by atoms with van der Waals surface area (Å²) in [5.41, 5.74) is 2.29. The van der Waals surface area contributed by atoms with Crippen LogP contribution in [0.1, 0.15) is 47.7 Å². The summed E-state index contributed by atoms with van der Waals surface area (Å²) in [6, 6.07) is 14.0. The van der Waals surface area contributed by atoms with E-state index in [0.717, 1.165) is 17.1 Å². The maximum Gasteiger partial charge on any atom is 0.242 e. The fraction of sp³-hybridized carbons (Fsp3) is 0.364. The molecule has 0 spiro atoms. The van der Waals surface area contributed by atoms with Crippen molar-refractivity contribution in [2.75, 3.05) is 14.1 Å². The van der Waals surface area contributed by atoms with Crippen LogP contribution in [0.4, 0.5) is 0 Å². The first-order chi connectivity index (χ1) is 13.8. The van der Waals surface area contributed by atoms with Crippen LogP contribution in [0.15, 0.2) is 53.4 Å². The van der Waals surface area contributed by atoms with Gasteiger partial charge in [0.15, 0.2) is 5.78 Å². The number of amides is 1. The molecule has 0 atom stereocenters. The summed E-state index contributed by atoms with van der Waals surface area (Å²) < 4.78 is 25.9. The van der Waals surface area contributed by atoms with Crippen molar-refractivity contribution in [2.24, 2.45) is 0 Å². The van der Waals surface area contributed by atoms with E-state index in [9.17, 15) is 18.0 Å². The molecule has 2 aromatic rings.